The van der Waals surface area contributed by atoms with Crippen LogP contribution in [-0.2, 0) is 11.3 Å². The zero-order valence-corrected chi connectivity index (χ0v) is 22.7. The number of aromatic nitrogens is 4. The molecule has 1 saturated heterocycles. The van der Waals surface area contributed by atoms with Crippen molar-refractivity contribution in [2.75, 3.05) is 51.4 Å². The molecular weight excluding hydrogens is 555 g/mol. The first-order chi connectivity index (χ1) is 20.2. The van der Waals surface area contributed by atoms with Gasteiger partial charge in [-0.15, -0.1) is 0 Å². The highest BCUT2D eigenvalue weighted by molar-refractivity contribution is 5.85. The summed E-state index contributed by atoms with van der Waals surface area (Å²) in [5, 5.41) is 23.0. The molecule has 0 aliphatic carbocycles. The van der Waals surface area contributed by atoms with Gasteiger partial charge in [0.2, 0.25) is 6.29 Å². The second-order valence-electron chi connectivity index (χ2n) is 9.14. The summed E-state index contributed by atoms with van der Waals surface area (Å²) in [6.45, 7) is 4.48. The first-order valence-electron chi connectivity index (χ1n) is 12.9. The Hall–Kier alpha value is -4.74. The van der Waals surface area contributed by atoms with Crippen molar-refractivity contribution in [2.24, 2.45) is 0 Å². The Bertz CT molecular complexity index is 1510. The van der Waals surface area contributed by atoms with E-state index in [1.807, 2.05) is 36.5 Å². The first kappa shape index (κ1) is 30.2. The quantitative estimate of drug-likeness (QED) is 0.309. The molecule has 1 fully saturated rings. The Morgan fingerprint density at radius 2 is 1.83 bits per heavy atom. The van der Waals surface area contributed by atoms with Crippen molar-refractivity contribution in [3.05, 3.63) is 66.4 Å². The van der Waals surface area contributed by atoms with Gasteiger partial charge in [0.1, 0.15) is 30.0 Å². The van der Waals surface area contributed by atoms with Gasteiger partial charge in [-0.05, 0) is 30.3 Å². The highest BCUT2D eigenvalue weighted by Gasteiger charge is 2.25. The maximum atomic E-state index is 10.4. The van der Waals surface area contributed by atoms with Gasteiger partial charge >= 0.3 is 6.18 Å². The van der Waals surface area contributed by atoms with Crippen molar-refractivity contribution in [3.63, 3.8) is 0 Å². The molecule has 4 aromatic heterocycles. The topological polar surface area (TPSA) is 129 Å². The molecule has 0 atom stereocenters. The number of methoxy groups -OCH3 is 1. The van der Waals surface area contributed by atoms with Crippen LogP contribution in [0.1, 0.15) is 11.3 Å². The molecule has 1 N–H and O–H groups in total. The summed E-state index contributed by atoms with van der Waals surface area (Å²) in [5.74, 6) is 2.24. The van der Waals surface area contributed by atoms with Crippen LogP contribution in [0.4, 0.5) is 19.0 Å². The lowest BCUT2D eigenvalue weighted by Crippen LogP contribution is -2.46. The molecule has 11 nitrogen and oxygen atoms in total. The van der Waals surface area contributed by atoms with Crippen LogP contribution in [-0.4, -0.2) is 88.6 Å². The molecule has 220 valence electrons. The van der Waals surface area contributed by atoms with Gasteiger partial charge in [-0.3, -0.25) is 14.7 Å². The predicted octanol–water partition coefficient (Wildman–Crippen LogP) is 3.11. The highest BCUT2D eigenvalue weighted by atomic mass is 19.4. The van der Waals surface area contributed by atoms with Gasteiger partial charge in [-0.25, -0.2) is 9.50 Å². The smallest absolute Gasteiger partial charge is 0.446 e. The van der Waals surface area contributed by atoms with Crippen molar-refractivity contribution >= 4 is 17.6 Å². The number of alkyl halides is 3. The van der Waals surface area contributed by atoms with Crippen LogP contribution in [0.3, 0.4) is 0 Å². The number of carbonyl (C=O) groups excluding carboxylic acids is 1. The molecule has 1 aliphatic rings. The molecule has 14 heteroatoms. The van der Waals surface area contributed by atoms with Crippen LogP contribution in [0.5, 0.6) is 11.5 Å². The largest absolute Gasteiger partial charge is 0.495 e. The Morgan fingerprint density at radius 3 is 2.40 bits per heavy atom. The van der Waals surface area contributed by atoms with E-state index in [9.17, 15) is 18.4 Å². The highest BCUT2D eigenvalue weighted by Crippen LogP contribution is 2.31. The number of ether oxygens (including phenoxy) is 2. The summed E-state index contributed by atoms with van der Waals surface area (Å²) >= 11 is 0. The minimum atomic E-state index is -4.64. The van der Waals surface area contributed by atoms with Crippen LogP contribution in [0.15, 0.2) is 55.1 Å². The van der Waals surface area contributed by atoms with Gasteiger partial charge in [0, 0.05) is 50.0 Å². The maximum absolute atomic E-state index is 10.4. The fourth-order valence-electron chi connectivity index (χ4n) is 4.36. The molecule has 0 radical (unpaired) electrons. The van der Waals surface area contributed by atoms with Gasteiger partial charge in [-0.2, -0.15) is 23.5 Å². The predicted molar refractivity (Wildman–Crippen MR) is 146 cm³/mol. The average Bonchev–Trinajstić information content (AvgIpc) is 3.43. The van der Waals surface area contributed by atoms with Crippen molar-refractivity contribution in [2.45, 2.75) is 12.7 Å². The van der Waals surface area contributed by atoms with E-state index in [2.05, 4.69) is 26.0 Å². The molecule has 0 aromatic carbocycles. The van der Waals surface area contributed by atoms with E-state index in [4.69, 9.17) is 24.4 Å². The normalized spacial score (nSPS) is 13.7. The van der Waals surface area contributed by atoms with Crippen LogP contribution in [0.25, 0.3) is 16.6 Å². The number of nitrogens with zero attached hydrogens (tertiary/aromatic N) is 7. The number of anilines is 1. The van der Waals surface area contributed by atoms with Crippen molar-refractivity contribution in [1.82, 2.24) is 24.5 Å². The zero-order chi connectivity index (χ0) is 30.1. The van der Waals surface area contributed by atoms with Gasteiger partial charge in [0.15, 0.2) is 0 Å². The second kappa shape index (κ2) is 13.7. The Labute approximate surface area is 239 Å². The third-order valence-electron chi connectivity index (χ3n) is 6.37. The summed E-state index contributed by atoms with van der Waals surface area (Å²) in [5.41, 5.74) is 3.86. The molecular formula is C28H28F3N7O4. The van der Waals surface area contributed by atoms with Crippen LogP contribution >= 0.6 is 0 Å². The average molecular weight is 584 g/mol. The van der Waals surface area contributed by atoms with Gasteiger partial charge < -0.3 is 19.5 Å². The number of hydrogen-bond acceptors (Lipinski definition) is 10. The number of pyridine rings is 3. The van der Waals surface area contributed by atoms with E-state index in [0.717, 1.165) is 61.1 Å². The van der Waals surface area contributed by atoms with E-state index in [-0.39, 0.29) is 13.2 Å². The fraction of sp³-hybridized carbons (Fsp3) is 0.321. The number of rotatable bonds is 8. The van der Waals surface area contributed by atoms with E-state index in [1.54, 1.807) is 24.0 Å². The molecule has 0 saturated carbocycles. The van der Waals surface area contributed by atoms with Gasteiger partial charge in [0.05, 0.1) is 49.1 Å². The number of nitriles is 1. The number of fused-ring (bicyclic) bond motifs is 1. The number of hydrogen-bond donors (Lipinski definition) is 1. The molecule has 5 heterocycles. The molecule has 4 aromatic rings. The fourth-order valence-corrected chi connectivity index (χ4v) is 4.36. The van der Waals surface area contributed by atoms with Crippen molar-refractivity contribution in [1.29, 1.82) is 5.26 Å². The molecule has 0 spiro atoms. The Morgan fingerprint density at radius 1 is 1.07 bits per heavy atom. The minimum absolute atomic E-state index is 0.0873. The Kier molecular flexibility index (Phi) is 9.89. The number of aldehydes is 1. The zero-order valence-electron chi connectivity index (χ0n) is 22.7. The second-order valence-corrected chi connectivity index (χ2v) is 9.14. The lowest BCUT2D eigenvalue weighted by atomic mass is 10.1. The number of halogens is 3. The monoisotopic (exact) mass is 583 g/mol. The molecule has 0 amide bonds. The SMILES string of the molecule is COc1ccc(CN2CCN(c3ccc(-c4cc(OCCO)cn5ncc(C#N)c45)cn3)CC2)nc1.O=CC(F)(F)F. The van der Waals surface area contributed by atoms with Crippen LogP contribution in [0, 0.1) is 11.3 Å². The van der Waals surface area contributed by atoms with E-state index in [0.29, 0.717) is 16.8 Å². The maximum Gasteiger partial charge on any atom is 0.446 e. The molecule has 42 heavy (non-hydrogen) atoms. The summed E-state index contributed by atoms with van der Waals surface area (Å²) in [4.78, 5) is 22.6. The van der Waals surface area contributed by atoms with E-state index in [1.165, 1.54) is 6.20 Å². The molecule has 5 rings (SSSR count). The summed E-state index contributed by atoms with van der Waals surface area (Å²) in [6.07, 6.45) is 1.12. The third-order valence-corrected chi connectivity index (χ3v) is 6.37. The number of carbonyl (C=O) groups is 1. The molecule has 0 unspecified atom stereocenters. The van der Waals surface area contributed by atoms with E-state index >= 15 is 0 Å². The lowest BCUT2D eigenvalue weighted by molar-refractivity contribution is -0.156. The van der Waals surface area contributed by atoms with Crippen LogP contribution < -0.4 is 14.4 Å². The van der Waals surface area contributed by atoms with Crippen molar-refractivity contribution in [3.8, 4) is 28.7 Å². The summed E-state index contributed by atoms with van der Waals surface area (Å²) in [7, 11) is 1.64. The lowest BCUT2D eigenvalue weighted by Gasteiger charge is -2.35. The van der Waals surface area contributed by atoms with Gasteiger partial charge in [0.25, 0.3) is 0 Å². The standard InChI is InChI=1S/C26H27N7O3.C2HF3O/c1-35-22-4-3-21(28-16-22)17-31-6-8-32(9-7-31)25-5-2-19(14-29-25)24-12-23(36-11-10-34)18-33-26(24)20(13-27)15-30-33;3-2(4,5)1-6/h2-5,12,14-16,18,34H,6-11,17H2,1H3;1H. The number of aliphatic hydroxyl groups excluding tert-OH is 1. The van der Waals surface area contributed by atoms with Crippen molar-refractivity contribution < 1.29 is 32.5 Å². The van der Waals surface area contributed by atoms with Crippen LogP contribution in [0.2, 0.25) is 0 Å². The molecule has 0 bridgehead atoms. The third kappa shape index (κ3) is 7.71. The Balaban J connectivity index is 0.000000612. The number of piperazine rings is 1. The summed E-state index contributed by atoms with van der Waals surface area (Å²) in [6, 6.07) is 12.0. The first-order valence-corrected chi connectivity index (χ1v) is 12.9. The summed E-state index contributed by atoms with van der Waals surface area (Å²) < 4.78 is 43.7. The van der Waals surface area contributed by atoms with E-state index < -0.39 is 12.5 Å². The minimum Gasteiger partial charge on any atom is -0.495 e. The van der Waals surface area contributed by atoms with Gasteiger partial charge in [-0.1, -0.05) is 0 Å². The number of aliphatic hydroxyl groups is 1. The molecule has 1 aliphatic heterocycles.